The van der Waals surface area contributed by atoms with E-state index in [0.717, 1.165) is 28.4 Å². The van der Waals surface area contributed by atoms with Crippen molar-refractivity contribution in [3.8, 4) is 11.5 Å². The van der Waals surface area contributed by atoms with Gasteiger partial charge in [0.25, 0.3) is 11.8 Å². The van der Waals surface area contributed by atoms with Crippen LogP contribution in [0.15, 0.2) is 107 Å². The number of aromatic hydroxyl groups is 1. The molecule has 1 saturated carbocycles. The molecule has 2 heterocycles. The minimum absolute atomic E-state index is 0.0666. The molecule has 6 atom stereocenters. The van der Waals surface area contributed by atoms with E-state index in [1.54, 1.807) is 30.3 Å². The van der Waals surface area contributed by atoms with Gasteiger partial charge >= 0.3 is 0 Å². The number of carbonyl (C=O) groups excluding carboxylic acids is 4. The van der Waals surface area contributed by atoms with Gasteiger partial charge in [0.1, 0.15) is 5.82 Å². The smallest absolute Gasteiger partial charge is 0.258 e. The molecule has 3 fully saturated rings. The Bertz CT molecular complexity index is 2200. The molecule has 4 aromatic carbocycles. The fourth-order valence-corrected chi connectivity index (χ4v) is 9.72. The van der Waals surface area contributed by atoms with Crippen LogP contribution in [0.2, 0.25) is 0 Å². The van der Waals surface area contributed by atoms with E-state index in [2.05, 4.69) is 21.2 Å². The Hall–Kier alpha value is -4.71. The van der Waals surface area contributed by atoms with E-state index in [1.165, 1.54) is 30.2 Å². The van der Waals surface area contributed by atoms with E-state index in [0.29, 0.717) is 16.8 Å². The molecule has 2 saturated heterocycles. The second-order valence-corrected chi connectivity index (χ2v) is 15.4. The van der Waals surface area contributed by atoms with Gasteiger partial charge in [-0.25, -0.2) is 9.29 Å². The lowest BCUT2D eigenvalue weighted by Crippen LogP contribution is -2.60. The Labute approximate surface area is 316 Å². The molecule has 8 rings (SSSR count). The van der Waals surface area contributed by atoms with E-state index in [9.17, 15) is 28.7 Å². The van der Waals surface area contributed by atoms with Crippen LogP contribution in [0.5, 0.6) is 11.5 Å². The van der Waals surface area contributed by atoms with Crippen LogP contribution in [0, 0.1) is 23.6 Å². The highest BCUT2D eigenvalue weighted by molar-refractivity contribution is 9.10. The van der Waals surface area contributed by atoms with Crippen molar-refractivity contribution in [2.45, 2.75) is 28.5 Å². The molecule has 264 valence electrons. The summed E-state index contributed by atoms with van der Waals surface area (Å²) in [4.78, 5) is 55.4. The lowest BCUT2D eigenvalue weighted by atomic mass is 9.56. The number of phenolic OH excluding ortho intramolecular Hbond substituents is 1. The highest BCUT2D eigenvalue weighted by Crippen LogP contribution is 2.66. The van der Waals surface area contributed by atoms with Crippen molar-refractivity contribution in [3.63, 3.8) is 0 Å². The molecule has 2 aliphatic carbocycles. The summed E-state index contributed by atoms with van der Waals surface area (Å²) in [5.74, 6) is -6.75. The maximum Gasteiger partial charge on any atom is 0.258 e. The summed E-state index contributed by atoms with van der Waals surface area (Å²) in [7, 11) is 1.36. The van der Waals surface area contributed by atoms with Gasteiger partial charge in [0.05, 0.1) is 34.8 Å². The number of halogens is 4. The van der Waals surface area contributed by atoms with Crippen molar-refractivity contribution in [2.75, 3.05) is 22.2 Å². The Morgan fingerprint density at radius 1 is 0.846 bits per heavy atom. The molecular formula is C39H29BrCl2FN3O6. The van der Waals surface area contributed by atoms with Gasteiger partial charge in [0, 0.05) is 17.3 Å². The molecule has 2 aliphatic heterocycles. The molecule has 0 spiro atoms. The molecule has 52 heavy (non-hydrogen) atoms. The Morgan fingerprint density at radius 3 is 2.15 bits per heavy atom. The molecule has 13 heteroatoms. The summed E-state index contributed by atoms with van der Waals surface area (Å²) in [6.07, 6.45) is 1.77. The van der Waals surface area contributed by atoms with Crippen LogP contribution in [0.4, 0.5) is 27.1 Å². The molecule has 0 aromatic heterocycles. The summed E-state index contributed by atoms with van der Waals surface area (Å²) in [5, 5.41) is 14.0. The number of phenols is 1. The van der Waals surface area contributed by atoms with E-state index in [4.69, 9.17) is 27.9 Å². The van der Waals surface area contributed by atoms with Gasteiger partial charge in [-0.05, 0) is 113 Å². The first-order valence-electron chi connectivity index (χ1n) is 16.5. The van der Waals surface area contributed by atoms with Crippen LogP contribution < -0.4 is 19.9 Å². The number of rotatable bonds is 6. The summed E-state index contributed by atoms with van der Waals surface area (Å²) in [6, 6.07) is 24.4. The lowest BCUT2D eigenvalue weighted by molar-refractivity contribution is -0.125. The predicted octanol–water partition coefficient (Wildman–Crippen LogP) is 7.81. The van der Waals surface area contributed by atoms with Gasteiger partial charge in [0.2, 0.25) is 11.8 Å². The number of para-hydroxylation sites is 1. The summed E-state index contributed by atoms with van der Waals surface area (Å²) in [5.41, 5.74) is 3.06. The third-order valence-corrected chi connectivity index (χ3v) is 12.7. The van der Waals surface area contributed by atoms with E-state index < -0.39 is 57.0 Å². The van der Waals surface area contributed by atoms with Crippen LogP contribution in [0.25, 0.3) is 0 Å². The normalized spacial score (nSPS) is 28.0. The number of imide groups is 2. The fraction of sp³-hybridized carbons (Fsp3) is 0.231. The minimum Gasteiger partial charge on any atom is -0.503 e. The van der Waals surface area contributed by atoms with Crippen molar-refractivity contribution in [1.82, 2.24) is 0 Å². The Balaban J connectivity index is 1.22. The number of amides is 4. The van der Waals surface area contributed by atoms with Gasteiger partial charge < -0.3 is 15.2 Å². The fourth-order valence-electron chi connectivity index (χ4n) is 8.33. The quantitative estimate of drug-likeness (QED) is 0.116. The zero-order chi connectivity index (χ0) is 36.7. The topological polar surface area (TPSA) is 116 Å². The van der Waals surface area contributed by atoms with E-state index in [-0.39, 0.29) is 40.4 Å². The first-order chi connectivity index (χ1) is 24.9. The molecule has 2 N–H and O–H groups in total. The van der Waals surface area contributed by atoms with Crippen molar-refractivity contribution in [3.05, 3.63) is 118 Å². The zero-order valence-electron chi connectivity index (χ0n) is 27.4. The number of fused-ring (bicyclic) bond motifs is 4. The standard InChI is InChI=1S/C39H29BrCl2FN3O6/c1-52-30-18-20(17-29(40)33(30)47)32-26-15-16-27-31(35(49)45(34(27)48)24-13-9-23(10-14-24)44-22-5-3-2-4-6-22)28(26)19-38(41)36(50)46(37(51)39(32,38)42)25-11-7-21(43)8-12-25/h2-15,17-18,27-28,31-32,44,47H,16,19H2,1H3/t27-,28+,31-,32-,38+,39-/m0/s1. The number of alkyl halides is 2. The SMILES string of the molecule is COc1cc([C@H]2C3=CC[C@@H]4C(=O)N(c5ccc(Nc6ccccc6)cc5)C(=O)[C@@H]4[C@@H]3C[C@@]3(Cl)C(=O)N(c4ccc(F)cc4)C(=O)[C@@]23Cl)cc(Br)c1O. The highest BCUT2D eigenvalue weighted by Gasteiger charge is 2.76. The van der Waals surface area contributed by atoms with E-state index >= 15 is 0 Å². The number of nitrogens with zero attached hydrogens (tertiary/aromatic N) is 2. The van der Waals surface area contributed by atoms with Crippen LogP contribution in [0.3, 0.4) is 0 Å². The molecule has 0 bridgehead atoms. The first-order valence-corrected chi connectivity index (χ1v) is 18.0. The molecule has 9 nitrogen and oxygen atoms in total. The largest absolute Gasteiger partial charge is 0.503 e. The number of anilines is 4. The number of ether oxygens (including phenoxy) is 1. The molecule has 4 aliphatic rings. The molecule has 4 aromatic rings. The van der Waals surface area contributed by atoms with Crippen molar-refractivity contribution in [1.29, 1.82) is 0 Å². The summed E-state index contributed by atoms with van der Waals surface area (Å²) < 4.78 is 19.6. The molecular weight excluding hydrogens is 776 g/mol. The van der Waals surface area contributed by atoms with Gasteiger partial charge in [-0.1, -0.05) is 29.8 Å². The number of methoxy groups -OCH3 is 1. The highest BCUT2D eigenvalue weighted by atomic mass is 79.9. The van der Waals surface area contributed by atoms with Crippen LogP contribution in [-0.4, -0.2) is 45.6 Å². The molecule has 4 amide bonds. The van der Waals surface area contributed by atoms with Crippen molar-refractivity contribution in [2.24, 2.45) is 17.8 Å². The van der Waals surface area contributed by atoms with E-state index in [1.807, 2.05) is 36.4 Å². The average molecular weight is 805 g/mol. The lowest BCUT2D eigenvalue weighted by Gasteiger charge is -2.50. The summed E-state index contributed by atoms with van der Waals surface area (Å²) in [6.45, 7) is 0. The van der Waals surface area contributed by atoms with Gasteiger partial charge in [-0.3, -0.25) is 24.1 Å². The monoisotopic (exact) mass is 803 g/mol. The number of nitrogens with one attached hydrogen (secondary N) is 1. The van der Waals surface area contributed by atoms with Crippen molar-refractivity contribution >= 4 is 85.5 Å². The number of carbonyl (C=O) groups is 4. The van der Waals surface area contributed by atoms with Gasteiger partial charge in [0.15, 0.2) is 21.2 Å². The number of hydrogen-bond donors (Lipinski definition) is 2. The second-order valence-electron chi connectivity index (χ2n) is 13.4. The Kier molecular flexibility index (Phi) is 8.24. The molecule has 0 unspecified atom stereocenters. The second kappa shape index (κ2) is 12.5. The zero-order valence-corrected chi connectivity index (χ0v) is 30.5. The van der Waals surface area contributed by atoms with Crippen LogP contribution in [0.1, 0.15) is 24.3 Å². The van der Waals surface area contributed by atoms with Gasteiger partial charge in [-0.2, -0.15) is 0 Å². The molecule has 0 radical (unpaired) electrons. The van der Waals surface area contributed by atoms with Gasteiger partial charge in [-0.15, -0.1) is 23.2 Å². The maximum absolute atomic E-state index is 14.6. The third kappa shape index (κ3) is 4.93. The minimum atomic E-state index is -2.14. The average Bonchev–Trinajstić information content (AvgIpc) is 3.48. The number of allylic oxidation sites excluding steroid dienone is 2. The summed E-state index contributed by atoms with van der Waals surface area (Å²) >= 11 is 18.3. The number of benzene rings is 4. The van der Waals surface area contributed by atoms with Crippen LogP contribution >= 0.6 is 39.1 Å². The maximum atomic E-state index is 14.6. The first kappa shape index (κ1) is 34.4. The number of hydrogen-bond acceptors (Lipinski definition) is 7. The Morgan fingerprint density at radius 2 is 1.48 bits per heavy atom. The van der Waals surface area contributed by atoms with Crippen molar-refractivity contribution < 1.29 is 33.4 Å². The third-order valence-electron chi connectivity index (χ3n) is 10.7. The van der Waals surface area contributed by atoms with Crippen LogP contribution in [-0.2, 0) is 19.2 Å². The predicted molar refractivity (Wildman–Crippen MR) is 198 cm³/mol.